The van der Waals surface area contributed by atoms with Gasteiger partial charge in [-0.15, -0.1) is 0 Å². The van der Waals surface area contributed by atoms with E-state index >= 15 is 0 Å². The summed E-state index contributed by atoms with van der Waals surface area (Å²) >= 11 is 0. The molecular weight excluding hydrogens is 350 g/mol. The minimum atomic E-state index is 0.0666. The van der Waals surface area contributed by atoms with E-state index in [1.807, 2.05) is 60.4 Å². The Bertz CT molecular complexity index is 934. The third kappa shape index (κ3) is 4.09. The van der Waals surface area contributed by atoms with Crippen molar-refractivity contribution < 1.29 is 9.53 Å². The molecule has 0 aliphatic carbocycles. The van der Waals surface area contributed by atoms with E-state index in [0.717, 1.165) is 54.1 Å². The summed E-state index contributed by atoms with van der Waals surface area (Å²) in [5, 5.41) is 0. The van der Waals surface area contributed by atoms with Gasteiger partial charge in [0, 0.05) is 25.1 Å². The summed E-state index contributed by atoms with van der Waals surface area (Å²) in [6, 6.07) is 15.9. The minimum absolute atomic E-state index is 0.0666. The molecule has 2 heterocycles. The maximum Gasteiger partial charge on any atom is 0.246 e. The topological polar surface area (TPSA) is 58.2 Å². The van der Waals surface area contributed by atoms with E-state index in [4.69, 9.17) is 9.72 Å². The normalized spacial score (nSPS) is 15.4. The molecule has 1 N–H and O–H groups in total. The van der Waals surface area contributed by atoms with Gasteiger partial charge in [0.05, 0.1) is 17.6 Å². The molecule has 0 saturated carbocycles. The molecule has 3 aromatic rings. The summed E-state index contributed by atoms with van der Waals surface area (Å²) in [6.45, 7) is 4.13. The number of aromatic amines is 1. The van der Waals surface area contributed by atoms with Crippen molar-refractivity contribution >= 4 is 23.0 Å². The second-order valence-electron chi connectivity index (χ2n) is 7.07. The number of imidazole rings is 1. The van der Waals surface area contributed by atoms with Gasteiger partial charge in [0.25, 0.3) is 0 Å². The number of likely N-dealkylation sites (tertiary alicyclic amines) is 1. The van der Waals surface area contributed by atoms with Gasteiger partial charge in [-0.05, 0) is 55.7 Å². The average molecular weight is 375 g/mol. The van der Waals surface area contributed by atoms with Crippen molar-refractivity contribution in [1.29, 1.82) is 0 Å². The number of aromatic nitrogens is 2. The number of H-pyrrole nitrogens is 1. The third-order valence-electron chi connectivity index (χ3n) is 5.21. The van der Waals surface area contributed by atoms with Crippen LogP contribution in [0.15, 0.2) is 54.6 Å². The summed E-state index contributed by atoms with van der Waals surface area (Å²) in [7, 11) is 0. The highest BCUT2D eigenvalue weighted by Crippen LogP contribution is 2.27. The van der Waals surface area contributed by atoms with Gasteiger partial charge < -0.3 is 14.6 Å². The smallest absolute Gasteiger partial charge is 0.246 e. The van der Waals surface area contributed by atoms with E-state index in [2.05, 4.69) is 11.1 Å². The number of hydrogen-bond acceptors (Lipinski definition) is 3. The number of rotatable bonds is 5. The molecule has 28 heavy (non-hydrogen) atoms. The van der Waals surface area contributed by atoms with Crippen LogP contribution in [-0.2, 0) is 4.79 Å². The quantitative estimate of drug-likeness (QED) is 0.673. The Hall–Kier alpha value is -3.08. The van der Waals surface area contributed by atoms with Crippen LogP contribution in [0.2, 0.25) is 0 Å². The molecule has 5 nitrogen and oxygen atoms in total. The van der Waals surface area contributed by atoms with Crippen LogP contribution in [0.4, 0.5) is 0 Å². The van der Waals surface area contributed by atoms with Crippen LogP contribution in [-0.4, -0.2) is 40.5 Å². The van der Waals surface area contributed by atoms with Gasteiger partial charge in [-0.1, -0.05) is 24.3 Å². The van der Waals surface area contributed by atoms with Crippen LogP contribution in [0, 0.1) is 0 Å². The number of piperidine rings is 1. The first-order chi connectivity index (χ1) is 13.7. The zero-order valence-electron chi connectivity index (χ0n) is 16.1. The molecular formula is C23H25N3O2. The zero-order chi connectivity index (χ0) is 19.3. The molecule has 2 aromatic carbocycles. The highest BCUT2D eigenvalue weighted by Gasteiger charge is 2.24. The number of fused-ring (bicyclic) bond motifs is 1. The van der Waals surface area contributed by atoms with E-state index in [-0.39, 0.29) is 5.91 Å². The maximum absolute atomic E-state index is 12.5. The molecule has 0 unspecified atom stereocenters. The van der Waals surface area contributed by atoms with Gasteiger partial charge in [-0.2, -0.15) is 0 Å². The molecule has 0 bridgehead atoms. The number of hydrogen-bond donors (Lipinski definition) is 1. The number of ether oxygens (including phenoxy) is 1. The van der Waals surface area contributed by atoms with E-state index in [1.165, 1.54) is 0 Å². The first-order valence-corrected chi connectivity index (χ1v) is 9.87. The Morgan fingerprint density at radius 1 is 1.18 bits per heavy atom. The standard InChI is InChI=1S/C23H25N3O2/c1-2-28-19-10-7-17(8-11-19)9-12-22(27)26-15-13-18(14-16-26)23-24-20-5-3-4-6-21(20)25-23/h3-12,18H,2,13-16H2,1H3,(H,24,25)/b12-9+. The Kier molecular flexibility index (Phi) is 5.42. The summed E-state index contributed by atoms with van der Waals surface area (Å²) in [4.78, 5) is 22.6. The number of benzene rings is 2. The predicted molar refractivity (Wildman–Crippen MR) is 111 cm³/mol. The van der Waals surface area contributed by atoms with E-state index in [0.29, 0.717) is 12.5 Å². The van der Waals surface area contributed by atoms with Crippen molar-refractivity contribution in [2.75, 3.05) is 19.7 Å². The second kappa shape index (κ2) is 8.30. The first kappa shape index (κ1) is 18.3. The Labute approximate surface area is 165 Å². The SMILES string of the molecule is CCOc1ccc(/C=C/C(=O)N2CCC(c3nc4ccccc4[nH]3)CC2)cc1. The molecule has 1 aliphatic heterocycles. The number of amides is 1. The predicted octanol–water partition coefficient (Wildman–Crippen LogP) is 4.38. The van der Waals surface area contributed by atoms with Crippen LogP contribution in [0.1, 0.15) is 37.1 Å². The van der Waals surface area contributed by atoms with Crippen LogP contribution in [0.25, 0.3) is 17.1 Å². The fourth-order valence-electron chi connectivity index (χ4n) is 3.65. The van der Waals surface area contributed by atoms with E-state index in [1.54, 1.807) is 6.08 Å². The van der Waals surface area contributed by atoms with Gasteiger partial charge in [-0.3, -0.25) is 4.79 Å². The summed E-state index contributed by atoms with van der Waals surface area (Å²) in [6.07, 6.45) is 5.39. The molecule has 1 saturated heterocycles. The highest BCUT2D eigenvalue weighted by molar-refractivity contribution is 5.91. The molecule has 4 rings (SSSR count). The lowest BCUT2D eigenvalue weighted by molar-refractivity contribution is -0.127. The lowest BCUT2D eigenvalue weighted by Crippen LogP contribution is -2.37. The Morgan fingerprint density at radius 2 is 1.93 bits per heavy atom. The summed E-state index contributed by atoms with van der Waals surface area (Å²) in [5.74, 6) is 2.33. The maximum atomic E-state index is 12.5. The number of para-hydroxylation sites is 2. The monoisotopic (exact) mass is 375 g/mol. The van der Waals surface area contributed by atoms with Crippen LogP contribution in [0.5, 0.6) is 5.75 Å². The number of nitrogens with zero attached hydrogens (tertiary/aromatic N) is 2. The largest absolute Gasteiger partial charge is 0.494 e. The Morgan fingerprint density at radius 3 is 2.64 bits per heavy atom. The highest BCUT2D eigenvalue weighted by atomic mass is 16.5. The number of carbonyl (C=O) groups excluding carboxylic acids is 1. The number of nitrogens with one attached hydrogen (secondary N) is 1. The molecule has 1 aliphatic rings. The van der Waals surface area contributed by atoms with Gasteiger partial charge in [0.15, 0.2) is 0 Å². The average Bonchev–Trinajstić information content (AvgIpc) is 3.18. The molecule has 0 radical (unpaired) electrons. The molecule has 144 valence electrons. The fraction of sp³-hybridized carbons (Fsp3) is 0.304. The fourth-order valence-corrected chi connectivity index (χ4v) is 3.65. The van der Waals surface area contributed by atoms with Crippen molar-refractivity contribution in [1.82, 2.24) is 14.9 Å². The minimum Gasteiger partial charge on any atom is -0.494 e. The van der Waals surface area contributed by atoms with Crippen molar-refractivity contribution in [3.05, 3.63) is 66.0 Å². The van der Waals surface area contributed by atoms with Gasteiger partial charge in [0.2, 0.25) is 5.91 Å². The van der Waals surface area contributed by atoms with E-state index in [9.17, 15) is 4.79 Å². The summed E-state index contributed by atoms with van der Waals surface area (Å²) < 4.78 is 5.44. The molecule has 1 fully saturated rings. The molecule has 0 atom stereocenters. The molecule has 5 heteroatoms. The second-order valence-corrected chi connectivity index (χ2v) is 7.07. The summed E-state index contributed by atoms with van der Waals surface area (Å²) in [5.41, 5.74) is 3.08. The van der Waals surface area contributed by atoms with Gasteiger partial charge in [-0.25, -0.2) is 4.98 Å². The number of carbonyl (C=O) groups is 1. The lowest BCUT2D eigenvalue weighted by atomic mass is 9.96. The van der Waals surface area contributed by atoms with Crippen molar-refractivity contribution in [3.63, 3.8) is 0 Å². The van der Waals surface area contributed by atoms with Gasteiger partial charge in [0.1, 0.15) is 11.6 Å². The zero-order valence-corrected chi connectivity index (χ0v) is 16.1. The van der Waals surface area contributed by atoms with Crippen molar-refractivity contribution in [2.45, 2.75) is 25.7 Å². The Balaban J connectivity index is 1.33. The van der Waals surface area contributed by atoms with Crippen molar-refractivity contribution in [3.8, 4) is 5.75 Å². The molecule has 0 spiro atoms. The van der Waals surface area contributed by atoms with Crippen molar-refractivity contribution in [2.24, 2.45) is 0 Å². The third-order valence-corrected chi connectivity index (χ3v) is 5.21. The molecule has 1 aromatic heterocycles. The first-order valence-electron chi connectivity index (χ1n) is 9.87. The van der Waals surface area contributed by atoms with Crippen LogP contribution in [0.3, 0.4) is 0 Å². The van der Waals surface area contributed by atoms with E-state index < -0.39 is 0 Å². The molecule has 1 amide bonds. The van der Waals surface area contributed by atoms with Crippen LogP contribution < -0.4 is 4.74 Å². The van der Waals surface area contributed by atoms with Gasteiger partial charge >= 0.3 is 0 Å². The van der Waals surface area contributed by atoms with Crippen LogP contribution >= 0.6 is 0 Å². The lowest BCUT2D eigenvalue weighted by Gasteiger charge is -2.30.